The topological polar surface area (TPSA) is 33.0 Å². The molecule has 0 saturated carbocycles. The van der Waals surface area contributed by atoms with Gasteiger partial charge < -0.3 is 4.74 Å². The Kier molecular flexibility index (Phi) is 2.36. The Bertz CT molecular complexity index is 525. The van der Waals surface area contributed by atoms with Crippen LogP contribution < -0.4 is 4.74 Å². The number of fused-ring (bicyclic) bond motifs is 1. The minimum atomic E-state index is 0.602. The maximum atomic E-state index is 8.82. The van der Waals surface area contributed by atoms with Crippen molar-refractivity contribution in [3.63, 3.8) is 0 Å². The van der Waals surface area contributed by atoms with Crippen LogP contribution in [0.2, 0.25) is 0 Å². The lowest BCUT2D eigenvalue weighted by molar-refractivity contribution is 0.421. The minimum Gasteiger partial charge on any atom is -0.495 e. The summed E-state index contributed by atoms with van der Waals surface area (Å²) in [6, 6.07) is 5.81. The van der Waals surface area contributed by atoms with Crippen LogP contribution in [0.5, 0.6) is 5.75 Å². The molecule has 1 aromatic heterocycles. The highest BCUT2D eigenvalue weighted by Gasteiger charge is 2.07. The van der Waals surface area contributed by atoms with Gasteiger partial charge >= 0.3 is 0 Å². The first-order valence-corrected chi connectivity index (χ1v) is 5.27. The van der Waals surface area contributed by atoms with Gasteiger partial charge in [0.15, 0.2) is 0 Å². The van der Waals surface area contributed by atoms with Crippen LogP contribution in [0, 0.1) is 11.3 Å². The van der Waals surface area contributed by atoms with Crippen LogP contribution in [0.15, 0.2) is 22.4 Å². The predicted octanol–water partition coefficient (Wildman–Crippen LogP) is 3.07. The molecule has 0 radical (unpaired) electrons. The summed E-state index contributed by atoms with van der Waals surface area (Å²) in [6.45, 7) is 0. The van der Waals surface area contributed by atoms with E-state index in [1.54, 1.807) is 18.4 Å². The molecule has 0 saturated heterocycles. The van der Waals surface area contributed by atoms with Crippen LogP contribution in [0.4, 0.5) is 0 Å². The standard InChI is InChI=1S/C10H7NOS2/c1-12-8-5-14-10-2-6(4-11)9(13)3-7(8)10/h2-3,5,13H,1H3. The Morgan fingerprint density at radius 3 is 2.93 bits per heavy atom. The van der Waals surface area contributed by atoms with Gasteiger partial charge in [-0.25, -0.2) is 0 Å². The summed E-state index contributed by atoms with van der Waals surface area (Å²) in [6.07, 6.45) is 0. The number of thiol groups is 1. The van der Waals surface area contributed by atoms with Gasteiger partial charge in [0.05, 0.1) is 12.7 Å². The molecule has 0 N–H and O–H groups in total. The number of rotatable bonds is 1. The van der Waals surface area contributed by atoms with Gasteiger partial charge in [-0.3, -0.25) is 0 Å². The maximum Gasteiger partial charge on any atom is 0.137 e. The molecule has 2 nitrogen and oxygen atoms in total. The molecule has 0 amide bonds. The van der Waals surface area contributed by atoms with E-state index in [0.29, 0.717) is 10.5 Å². The van der Waals surface area contributed by atoms with Crippen molar-refractivity contribution >= 4 is 34.1 Å². The number of benzene rings is 1. The van der Waals surface area contributed by atoms with E-state index in [0.717, 1.165) is 15.8 Å². The molecular formula is C10H7NOS2. The van der Waals surface area contributed by atoms with Crippen molar-refractivity contribution in [2.24, 2.45) is 0 Å². The highest BCUT2D eigenvalue weighted by Crippen LogP contribution is 2.34. The highest BCUT2D eigenvalue weighted by molar-refractivity contribution is 7.80. The number of thiophene rings is 1. The zero-order valence-electron chi connectivity index (χ0n) is 7.44. The Hall–Kier alpha value is -1.18. The SMILES string of the molecule is COc1csc2cc(C#N)c(S)cc12. The molecule has 0 bridgehead atoms. The molecule has 0 spiro atoms. The first kappa shape index (κ1) is 9.38. The third-order valence-electron chi connectivity index (χ3n) is 2.00. The minimum absolute atomic E-state index is 0.602. The van der Waals surface area contributed by atoms with Crippen LogP contribution in [0.3, 0.4) is 0 Å². The molecule has 1 heterocycles. The van der Waals surface area contributed by atoms with E-state index in [-0.39, 0.29) is 0 Å². The van der Waals surface area contributed by atoms with Gasteiger partial charge in [0, 0.05) is 20.4 Å². The van der Waals surface area contributed by atoms with Gasteiger partial charge in [-0.1, -0.05) is 0 Å². The first-order chi connectivity index (χ1) is 6.76. The summed E-state index contributed by atoms with van der Waals surface area (Å²) in [5, 5.41) is 11.8. The molecule has 0 aliphatic carbocycles. The van der Waals surface area contributed by atoms with E-state index >= 15 is 0 Å². The fraction of sp³-hybridized carbons (Fsp3) is 0.100. The van der Waals surface area contributed by atoms with Gasteiger partial charge in [-0.15, -0.1) is 24.0 Å². The summed E-state index contributed by atoms with van der Waals surface area (Å²) in [7, 11) is 1.64. The Balaban J connectivity index is 2.77. The van der Waals surface area contributed by atoms with Crippen molar-refractivity contribution < 1.29 is 4.74 Å². The number of nitrogens with zero attached hydrogens (tertiary/aromatic N) is 1. The average Bonchev–Trinajstić information content (AvgIpc) is 2.58. The molecular weight excluding hydrogens is 214 g/mol. The maximum absolute atomic E-state index is 8.82. The zero-order chi connectivity index (χ0) is 10.1. The second-order valence-corrected chi connectivity index (χ2v) is 4.17. The van der Waals surface area contributed by atoms with Gasteiger partial charge in [-0.2, -0.15) is 5.26 Å². The second-order valence-electron chi connectivity index (χ2n) is 2.78. The molecule has 14 heavy (non-hydrogen) atoms. The number of hydrogen-bond acceptors (Lipinski definition) is 4. The Labute approximate surface area is 91.1 Å². The third kappa shape index (κ3) is 1.35. The van der Waals surface area contributed by atoms with Crippen LogP contribution in [-0.4, -0.2) is 7.11 Å². The predicted molar refractivity (Wildman–Crippen MR) is 60.3 cm³/mol. The molecule has 0 aliphatic rings. The highest BCUT2D eigenvalue weighted by atomic mass is 32.1. The molecule has 0 unspecified atom stereocenters. The summed E-state index contributed by atoms with van der Waals surface area (Å²) in [4.78, 5) is 0.691. The average molecular weight is 221 g/mol. The smallest absolute Gasteiger partial charge is 0.137 e. The lowest BCUT2D eigenvalue weighted by Crippen LogP contribution is -1.81. The first-order valence-electron chi connectivity index (χ1n) is 3.94. The summed E-state index contributed by atoms with van der Waals surface area (Å²) in [5.74, 6) is 0.838. The largest absolute Gasteiger partial charge is 0.495 e. The van der Waals surface area contributed by atoms with Crippen molar-refractivity contribution in [1.82, 2.24) is 0 Å². The number of ether oxygens (including phenoxy) is 1. The van der Waals surface area contributed by atoms with Crippen molar-refractivity contribution in [2.45, 2.75) is 4.90 Å². The normalized spacial score (nSPS) is 10.1. The van der Waals surface area contributed by atoms with E-state index in [4.69, 9.17) is 10.00 Å². The number of methoxy groups -OCH3 is 1. The number of nitriles is 1. The lowest BCUT2D eigenvalue weighted by Gasteiger charge is -1.99. The van der Waals surface area contributed by atoms with E-state index in [2.05, 4.69) is 18.7 Å². The van der Waals surface area contributed by atoms with Crippen LogP contribution in [0.1, 0.15) is 5.56 Å². The monoisotopic (exact) mass is 221 g/mol. The lowest BCUT2D eigenvalue weighted by atomic mass is 10.2. The molecule has 0 atom stereocenters. The zero-order valence-corrected chi connectivity index (χ0v) is 9.15. The van der Waals surface area contributed by atoms with Crippen molar-refractivity contribution in [1.29, 1.82) is 5.26 Å². The fourth-order valence-corrected chi connectivity index (χ4v) is 2.46. The van der Waals surface area contributed by atoms with Gasteiger partial charge in [-0.05, 0) is 12.1 Å². The van der Waals surface area contributed by atoms with Crippen molar-refractivity contribution in [2.75, 3.05) is 7.11 Å². The van der Waals surface area contributed by atoms with Crippen LogP contribution in [-0.2, 0) is 0 Å². The van der Waals surface area contributed by atoms with Crippen LogP contribution in [0.25, 0.3) is 10.1 Å². The summed E-state index contributed by atoms with van der Waals surface area (Å²) >= 11 is 5.81. The third-order valence-corrected chi connectivity index (χ3v) is 3.29. The van der Waals surface area contributed by atoms with E-state index in [9.17, 15) is 0 Å². The molecule has 1 aromatic carbocycles. The molecule has 2 rings (SSSR count). The van der Waals surface area contributed by atoms with Crippen LogP contribution >= 0.6 is 24.0 Å². The molecule has 0 aliphatic heterocycles. The summed E-state index contributed by atoms with van der Waals surface area (Å²) in [5.41, 5.74) is 0.602. The van der Waals surface area contributed by atoms with Gasteiger partial charge in [0.25, 0.3) is 0 Å². The Morgan fingerprint density at radius 1 is 1.50 bits per heavy atom. The van der Waals surface area contributed by atoms with Crippen molar-refractivity contribution in [3.05, 3.63) is 23.1 Å². The molecule has 70 valence electrons. The Morgan fingerprint density at radius 2 is 2.29 bits per heavy atom. The quantitative estimate of drug-likeness (QED) is 0.751. The molecule has 4 heteroatoms. The molecule has 0 fully saturated rings. The van der Waals surface area contributed by atoms with Gasteiger partial charge in [0.1, 0.15) is 11.8 Å². The van der Waals surface area contributed by atoms with Crippen molar-refractivity contribution in [3.8, 4) is 11.8 Å². The van der Waals surface area contributed by atoms with E-state index in [1.165, 1.54) is 0 Å². The summed E-state index contributed by atoms with van der Waals surface area (Å²) < 4.78 is 6.24. The van der Waals surface area contributed by atoms with E-state index < -0.39 is 0 Å². The van der Waals surface area contributed by atoms with E-state index in [1.807, 2.05) is 17.5 Å². The molecule has 2 aromatic rings. The number of hydrogen-bond donors (Lipinski definition) is 1. The fourth-order valence-electron chi connectivity index (χ4n) is 1.29. The second kappa shape index (κ2) is 3.52. The van der Waals surface area contributed by atoms with Gasteiger partial charge in [0.2, 0.25) is 0 Å².